The number of nitrogen functional groups attached to an aromatic ring is 1. The lowest BCUT2D eigenvalue weighted by molar-refractivity contribution is 0.547. The van der Waals surface area contributed by atoms with Crippen molar-refractivity contribution in [1.29, 1.82) is 0 Å². The van der Waals surface area contributed by atoms with Crippen LogP contribution in [0, 0.1) is 20.8 Å². The lowest BCUT2D eigenvalue weighted by atomic mass is 10.3. The smallest absolute Gasteiger partial charge is 0.236 e. The Hall–Kier alpha value is -2.30. The van der Waals surface area contributed by atoms with Gasteiger partial charge in [-0.2, -0.15) is 0 Å². The molecule has 3 heterocycles. The Kier molecular flexibility index (Phi) is 2.16. The van der Waals surface area contributed by atoms with Crippen LogP contribution in [0.3, 0.4) is 0 Å². The Bertz CT molecular complexity index is 739. The highest BCUT2D eigenvalue weighted by Gasteiger charge is 2.16. The van der Waals surface area contributed by atoms with Crippen molar-refractivity contribution in [1.82, 2.24) is 14.4 Å². The first kappa shape index (κ1) is 10.8. The zero-order chi connectivity index (χ0) is 12.9. The maximum absolute atomic E-state index is 6.13. The first-order chi connectivity index (χ1) is 8.56. The van der Waals surface area contributed by atoms with E-state index >= 15 is 0 Å². The number of imidazole rings is 1. The van der Waals surface area contributed by atoms with Gasteiger partial charge in [-0.05, 0) is 39.0 Å². The van der Waals surface area contributed by atoms with Gasteiger partial charge in [0.15, 0.2) is 11.5 Å². The van der Waals surface area contributed by atoms with Crippen LogP contribution < -0.4 is 5.73 Å². The Balaban J connectivity index is 2.32. The van der Waals surface area contributed by atoms with E-state index in [-0.39, 0.29) is 0 Å². The summed E-state index contributed by atoms with van der Waals surface area (Å²) in [5, 5.41) is 0. The first-order valence-electron chi connectivity index (χ1n) is 5.75. The number of aryl methyl sites for hydroxylation is 3. The third-order valence-corrected chi connectivity index (χ3v) is 2.92. The molecule has 0 amide bonds. The molecule has 18 heavy (non-hydrogen) atoms. The second kappa shape index (κ2) is 3.60. The number of furan rings is 1. The van der Waals surface area contributed by atoms with Gasteiger partial charge in [0.25, 0.3) is 0 Å². The number of nitrogens with two attached hydrogens (primary N) is 1. The zero-order valence-electron chi connectivity index (χ0n) is 10.6. The highest BCUT2D eigenvalue weighted by molar-refractivity contribution is 5.70. The monoisotopic (exact) mass is 242 g/mol. The molecule has 0 aromatic carbocycles. The van der Waals surface area contributed by atoms with Crippen LogP contribution in [0.5, 0.6) is 0 Å². The number of nitrogens with zero attached hydrogens (tertiary/aromatic N) is 3. The fourth-order valence-electron chi connectivity index (χ4n) is 2.14. The van der Waals surface area contributed by atoms with Gasteiger partial charge in [-0.1, -0.05) is 0 Å². The molecule has 0 saturated carbocycles. The molecular formula is C13H14N4O. The van der Waals surface area contributed by atoms with E-state index < -0.39 is 0 Å². The third-order valence-electron chi connectivity index (χ3n) is 2.92. The summed E-state index contributed by atoms with van der Waals surface area (Å²) in [7, 11) is 0. The van der Waals surface area contributed by atoms with E-state index in [0.29, 0.717) is 23.0 Å². The van der Waals surface area contributed by atoms with Gasteiger partial charge in [-0.25, -0.2) is 9.97 Å². The van der Waals surface area contributed by atoms with Gasteiger partial charge in [0.1, 0.15) is 11.6 Å². The molecule has 0 spiro atoms. The van der Waals surface area contributed by atoms with Gasteiger partial charge in [0.2, 0.25) is 5.78 Å². The Morgan fingerprint density at radius 3 is 2.61 bits per heavy atom. The molecule has 92 valence electrons. The van der Waals surface area contributed by atoms with Gasteiger partial charge in [0.05, 0.1) is 0 Å². The number of fused-ring (bicyclic) bond motifs is 1. The third kappa shape index (κ3) is 1.48. The molecule has 0 aliphatic carbocycles. The van der Waals surface area contributed by atoms with Crippen molar-refractivity contribution in [3.8, 4) is 11.5 Å². The molecule has 0 radical (unpaired) electrons. The molecule has 0 bridgehead atoms. The average Bonchev–Trinajstić information content (AvgIpc) is 2.83. The SMILES string of the molecule is Cc1cc(C)n2c(N)c(-c3ccc(C)o3)nc2n1. The van der Waals surface area contributed by atoms with E-state index in [4.69, 9.17) is 10.2 Å². The molecule has 0 saturated heterocycles. The van der Waals surface area contributed by atoms with Crippen LogP contribution >= 0.6 is 0 Å². The van der Waals surface area contributed by atoms with Gasteiger partial charge in [-0.3, -0.25) is 4.40 Å². The quantitative estimate of drug-likeness (QED) is 0.711. The highest BCUT2D eigenvalue weighted by atomic mass is 16.3. The largest absolute Gasteiger partial charge is 0.460 e. The number of rotatable bonds is 1. The average molecular weight is 242 g/mol. The van der Waals surface area contributed by atoms with Crippen molar-refractivity contribution in [2.24, 2.45) is 0 Å². The predicted molar refractivity (Wildman–Crippen MR) is 69.3 cm³/mol. The van der Waals surface area contributed by atoms with Crippen LogP contribution in [0.15, 0.2) is 22.6 Å². The molecular weight excluding hydrogens is 228 g/mol. The van der Waals surface area contributed by atoms with E-state index in [1.807, 2.05) is 43.4 Å². The predicted octanol–water partition coefficient (Wildman–Crippen LogP) is 2.50. The molecule has 5 heteroatoms. The Morgan fingerprint density at radius 2 is 1.94 bits per heavy atom. The molecule has 0 aliphatic heterocycles. The van der Waals surface area contributed by atoms with Crippen molar-refractivity contribution < 1.29 is 4.42 Å². The number of aromatic nitrogens is 3. The minimum atomic E-state index is 0.560. The normalized spacial score (nSPS) is 11.3. The lowest BCUT2D eigenvalue weighted by Crippen LogP contribution is -2.00. The molecule has 2 N–H and O–H groups in total. The summed E-state index contributed by atoms with van der Waals surface area (Å²) < 4.78 is 7.40. The van der Waals surface area contributed by atoms with E-state index in [2.05, 4.69) is 9.97 Å². The highest BCUT2D eigenvalue weighted by Crippen LogP contribution is 2.28. The summed E-state index contributed by atoms with van der Waals surface area (Å²) >= 11 is 0. The van der Waals surface area contributed by atoms with Crippen molar-refractivity contribution in [2.45, 2.75) is 20.8 Å². The van der Waals surface area contributed by atoms with Crippen LogP contribution in [-0.2, 0) is 0 Å². The molecule has 0 unspecified atom stereocenters. The standard InChI is InChI=1S/C13H14N4O/c1-7-6-8(2)17-12(14)11(16-13(17)15-7)10-5-4-9(3)18-10/h4-6H,14H2,1-3H3. The summed E-state index contributed by atoms with van der Waals surface area (Å²) in [5.41, 5.74) is 8.71. The molecule has 0 fully saturated rings. The van der Waals surface area contributed by atoms with E-state index in [0.717, 1.165) is 17.1 Å². The molecule has 3 rings (SSSR count). The minimum absolute atomic E-state index is 0.560. The second-order valence-corrected chi connectivity index (χ2v) is 4.43. The number of hydrogen-bond acceptors (Lipinski definition) is 4. The molecule has 0 atom stereocenters. The topological polar surface area (TPSA) is 69.3 Å². The van der Waals surface area contributed by atoms with Crippen molar-refractivity contribution in [2.75, 3.05) is 5.73 Å². The molecule has 0 aliphatic rings. The fraction of sp³-hybridized carbons (Fsp3) is 0.231. The van der Waals surface area contributed by atoms with Crippen LogP contribution in [0.25, 0.3) is 17.2 Å². The zero-order valence-corrected chi connectivity index (χ0v) is 10.6. The van der Waals surface area contributed by atoms with Crippen LogP contribution in [-0.4, -0.2) is 14.4 Å². The van der Waals surface area contributed by atoms with Crippen molar-refractivity contribution >= 4 is 11.6 Å². The van der Waals surface area contributed by atoms with Crippen molar-refractivity contribution in [3.63, 3.8) is 0 Å². The Labute approximate surface area is 104 Å². The first-order valence-corrected chi connectivity index (χ1v) is 5.75. The van der Waals surface area contributed by atoms with Crippen molar-refractivity contribution in [3.05, 3.63) is 35.3 Å². The molecule has 3 aromatic heterocycles. The number of anilines is 1. The lowest BCUT2D eigenvalue weighted by Gasteiger charge is -2.02. The van der Waals surface area contributed by atoms with E-state index in [1.165, 1.54) is 0 Å². The maximum Gasteiger partial charge on any atom is 0.236 e. The summed E-state index contributed by atoms with van der Waals surface area (Å²) in [6.45, 7) is 5.81. The summed E-state index contributed by atoms with van der Waals surface area (Å²) in [6, 6.07) is 5.74. The molecule has 3 aromatic rings. The Morgan fingerprint density at radius 1 is 1.17 bits per heavy atom. The van der Waals surface area contributed by atoms with Gasteiger partial charge in [0, 0.05) is 11.4 Å². The fourth-order valence-corrected chi connectivity index (χ4v) is 2.14. The van der Waals surface area contributed by atoms with E-state index in [1.54, 1.807) is 0 Å². The van der Waals surface area contributed by atoms with Crippen LogP contribution in [0.1, 0.15) is 17.1 Å². The van der Waals surface area contributed by atoms with Gasteiger partial charge < -0.3 is 10.2 Å². The van der Waals surface area contributed by atoms with Crippen LogP contribution in [0.4, 0.5) is 5.82 Å². The summed E-state index contributed by atoms with van der Waals surface area (Å²) in [4.78, 5) is 8.83. The minimum Gasteiger partial charge on any atom is -0.460 e. The molecule has 5 nitrogen and oxygen atoms in total. The summed E-state index contributed by atoms with van der Waals surface area (Å²) in [5.74, 6) is 2.67. The summed E-state index contributed by atoms with van der Waals surface area (Å²) in [6.07, 6.45) is 0. The van der Waals surface area contributed by atoms with Crippen LogP contribution in [0.2, 0.25) is 0 Å². The maximum atomic E-state index is 6.13. The second-order valence-electron chi connectivity index (χ2n) is 4.43. The van der Waals surface area contributed by atoms with Gasteiger partial charge >= 0.3 is 0 Å². The number of hydrogen-bond donors (Lipinski definition) is 1. The van der Waals surface area contributed by atoms with Gasteiger partial charge in [-0.15, -0.1) is 0 Å². The van der Waals surface area contributed by atoms with E-state index in [9.17, 15) is 0 Å².